The molecule has 5 nitrogen and oxygen atoms in total. The summed E-state index contributed by atoms with van der Waals surface area (Å²) in [5.74, 6) is 1.32. The average Bonchev–Trinajstić information content (AvgIpc) is 2.77. The predicted molar refractivity (Wildman–Crippen MR) is 127 cm³/mol. The SMILES string of the molecule is COC(=O)C1CCC(NC(=O)C2CCCC(COc3ccc(Cl)cc3C(C)(C)C)C2)CC1. The van der Waals surface area contributed by atoms with Gasteiger partial charge in [0.1, 0.15) is 5.75 Å². The van der Waals surface area contributed by atoms with E-state index in [2.05, 4.69) is 26.1 Å². The van der Waals surface area contributed by atoms with Crippen LogP contribution in [-0.2, 0) is 19.7 Å². The van der Waals surface area contributed by atoms with Gasteiger partial charge < -0.3 is 14.8 Å². The van der Waals surface area contributed by atoms with Crippen LogP contribution < -0.4 is 10.1 Å². The summed E-state index contributed by atoms with van der Waals surface area (Å²) in [5, 5.41) is 3.97. The Hall–Kier alpha value is -1.75. The standard InChI is InChI=1S/C26H38ClNO4/c1-26(2,3)22-15-20(27)10-13-23(22)32-16-17-6-5-7-19(14-17)24(29)28-21-11-8-18(9-12-21)25(30)31-4/h10,13,15,17-19,21H,5-9,11-12,14,16H2,1-4H3,(H,28,29). The summed E-state index contributed by atoms with van der Waals surface area (Å²) < 4.78 is 11.1. The second-order valence-electron chi connectivity index (χ2n) is 10.5. The van der Waals surface area contributed by atoms with Crippen molar-refractivity contribution in [3.63, 3.8) is 0 Å². The highest BCUT2D eigenvalue weighted by Crippen LogP contribution is 2.35. The number of methoxy groups -OCH3 is 1. The van der Waals surface area contributed by atoms with E-state index in [1.807, 2.05) is 18.2 Å². The highest BCUT2D eigenvalue weighted by molar-refractivity contribution is 6.30. The second kappa shape index (κ2) is 10.9. The molecule has 2 saturated carbocycles. The van der Waals surface area contributed by atoms with Gasteiger partial charge in [-0.2, -0.15) is 0 Å². The number of amides is 1. The van der Waals surface area contributed by atoms with Gasteiger partial charge in [0.05, 0.1) is 19.6 Å². The molecular formula is C26H38ClNO4. The van der Waals surface area contributed by atoms with Crippen LogP contribution in [0.2, 0.25) is 5.02 Å². The Labute approximate surface area is 197 Å². The number of ether oxygens (including phenoxy) is 2. The maximum absolute atomic E-state index is 12.9. The molecular weight excluding hydrogens is 426 g/mol. The molecule has 2 unspecified atom stereocenters. The molecule has 0 spiro atoms. The molecule has 1 N–H and O–H groups in total. The fourth-order valence-electron chi connectivity index (χ4n) is 5.06. The number of nitrogens with one attached hydrogen (secondary N) is 1. The lowest BCUT2D eigenvalue weighted by atomic mass is 9.80. The molecule has 1 amide bonds. The van der Waals surface area contributed by atoms with Crippen molar-refractivity contribution in [1.29, 1.82) is 0 Å². The number of hydrogen-bond donors (Lipinski definition) is 1. The molecule has 0 heterocycles. The molecule has 0 saturated heterocycles. The van der Waals surface area contributed by atoms with Crippen LogP contribution in [0.3, 0.4) is 0 Å². The lowest BCUT2D eigenvalue weighted by molar-refractivity contribution is -0.146. The van der Waals surface area contributed by atoms with E-state index < -0.39 is 0 Å². The quantitative estimate of drug-likeness (QED) is 0.552. The summed E-state index contributed by atoms with van der Waals surface area (Å²) in [5.41, 5.74) is 1.06. The first-order valence-electron chi connectivity index (χ1n) is 12.0. The van der Waals surface area contributed by atoms with Crippen LogP contribution in [0.25, 0.3) is 0 Å². The summed E-state index contributed by atoms with van der Waals surface area (Å²) >= 11 is 6.21. The predicted octanol–water partition coefficient (Wildman–Crippen LogP) is 5.67. The fraction of sp³-hybridized carbons (Fsp3) is 0.692. The molecule has 178 valence electrons. The number of esters is 1. The zero-order valence-electron chi connectivity index (χ0n) is 19.9. The molecule has 0 aliphatic heterocycles. The summed E-state index contributed by atoms with van der Waals surface area (Å²) in [6.07, 6.45) is 7.20. The van der Waals surface area contributed by atoms with Crippen molar-refractivity contribution in [3.8, 4) is 5.75 Å². The van der Waals surface area contributed by atoms with Crippen LogP contribution in [0.1, 0.15) is 77.7 Å². The topological polar surface area (TPSA) is 64.6 Å². The molecule has 32 heavy (non-hydrogen) atoms. The van der Waals surface area contributed by atoms with Crippen molar-refractivity contribution >= 4 is 23.5 Å². The first kappa shape index (κ1) is 24.9. The number of hydrogen-bond acceptors (Lipinski definition) is 4. The number of carbonyl (C=O) groups is 2. The van der Waals surface area contributed by atoms with E-state index >= 15 is 0 Å². The molecule has 3 rings (SSSR count). The van der Waals surface area contributed by atoms with Crippen molar-refractivity contribution in [2.75, 3.05) is 13.7 Å². The van der Waals surface area contributed by atoms with E-state index in [-0.39, 0.29) is 35.2 Å². The van der Waals surface area contributed by atoms with E-state index in [1.165, 1.54) is 7.11 Å². The molecule has 1 aromatic carbocycles. The van der Waals surface area contributed by atoms with Gasteiger partial charge in [-0.15, -0.1) is 0 Å². The van der Waals surface area contributed by atoms with Gasteiger partial charge in [-0.1, -0.05) is 38.8 Å². The van der Waals surface area contributed by atoms with Gasteiger partial charge in [0.15, 0.2) is 0 Å². The average molecular weight is 464 g/mol. The molecule has 0 bridgehead atoms. The first-order valence-corrected chi connectivity index (χ1v) is 12.4. The smallest absolute Gasteiger partial charge is 0.308 e. The van der Waals surface area contributed by atoms with E-state index in [0.29, 0.717) is 12.5 Å². The summed E-state index contributed by atoms with van der Waals surface area (Å²) in [4.78, 5) is 24.6. The van der Waals surface area contributed by atoms with Crippen LogP contribution in [0.15, 0.2) is 18.2 Å². The van der Waals surface area contributed by atoms with Gasteiger partial charge in [-0.3, -0.25) is 9.59 Å². The van der Waals surface area contributed by atoms with Crippen LogP contribution in [0.5, 0.6) is 5.75 Å². The number of carbonyl (C=O) groups excluding carboxylic acids is 2. The molecule has 6 heteroatoms. The Morgan fingerprint density at radius 3 is 2.44 bits per heavy atom. The molecule has 0 radical (unpaired) electrons. The molecule has 0 aromatic heterocycles. The zero-order valence-corrected chi connectivity index (χ0v) is 20.7. The minimum atomic E-state index is -0.125. The van der Waals surface area contributed by atoms with Crippen molar-refractivity contribution < 1.29 is 19.1 Å². The van der Waals surface area contributed by atoms with Crippen LogP contribution in [0.4, 0.5) is 0 Å². The van der Waals surface area contributed by atoms with E-state index in [0.717, 1.165) is 67.7 Å². The summed E-state index contributed by atoms with van der Waals surface area (Å²) in [7, 11) is 1.44. The van der Waals surface area contributed by atoms with Crippen LogP contribution in [0, 0.1) is 17.8 Å². The first-order chi connectivity index (χ1) is 15.2. The summed E-state index contributed by atoms with van der Waals surface area (Å²) in [6.45, 7) is 7.10. The van der Waals surface area contributed by atoms with Gasteiger partial charge in [-0.25, -0.2) is 0 Å². The van der Waals surface area contributed by atoms with Crippen molar-refractivity contribution in [1.82, 2.24) is 5.32 Å². The highest BCUT2D eigenvalue weighted by Gasteiger charge is 2.32. The van der Waals surface area contributed by atoms with Gasteiger partial charge in [-0.05, 0) is 74.5 Å². The lowest BCUT2D eigenvalue weighted by Crippen LogP contribution is -2.43. The van der Waals surface area contributed by atoms with Crippen LogP contribution in [-0.4, -0.2) is 31.6 Å². The Morgan fingerprint density at radius 2 is 1.78 bits per heavy atom. The normalized spacial score (nSPS) is 26.3. The number of benzene rings is 1. The Kier molecular flexibility index (Phi) is 8.49. The Balaban J connectivity index is 1.50. The third-order valence-electron chi connectivity index (χ3n) is 6.99. The van der Waals surface area contributed by atoms with Crippen molar-refractivity contribution in [2.24, 2.45) is 17.8 Å². The van der Waals surface area contributed by atoms with Crippen LogP contribution >= 0.6 is 11.6 Å². The lowest BCUT2D eigenvalue weighted by Gasteiger charge is -2.32. The molecule has 2 aliphatic rings. The third kappa shape index (κ3) is 6.63. The van der Waals surface area contributed by atoms with Crippen molar-refractivity contribution in [2.45, 2.75) is 83.6 Å². The van der Waals surface area contributed by atoms with Gasteiger partial charge in [0, 0.05) is 22.5 Å². The van der Waals surface area contributed by atoms with E-state index in [4.69, 9.17) is 21.1 Å². The van der Waals surface area contributed by atoms with Gasteiger partial charge >= 0.3 is 5.97 Å². The fourth-order valence-corrected chi connectivity index (χ4v) is 5.23. The van der Waals surface area contributed by atoms with Gasteiger partial charge in [0.25, 0.3) is 0 Å². The molecule has 2 atom stereocenters. The van der Waals surface area contributed by atoms with Crippen molar-refractivity contribution in [3.05, 3.63) is 28.8 Å². The number of rotatable bonds is 6. The highest BCUT2D eigenvalue weighted by atomic mass is 35.5. The Bertz CT molecular complexity index is 796. The Morgan fingerprint density at radius 1 is 1.06 bits per heavy atom. The molecule has 1 aromatic rings. The largest absolute Gasteiger partial charge is 0.493 e. The summed E-state index contributed by atoms with van der Waals surface area (Å²) in [6, 6.07) is 5.99. The maximum atomic E-state index is 12.9. The minimum absolute atomic E-state index is 0.0183. The second-order valence-corrected chi connectivity index (χ2v) is 10.9. The molecule has 2 aliphatic carbocycles. The van der Waals surface area contributed by atoms with Gasteiger partial charge in [0.2, 0.25) is 5.91 Å². The van der Waals surface area contributed by atoms with E-state index in [9.17, 15) is 9.59 Å². The van der Waals surface area contributed by atoms with E-state index in [1.54, 1.807) is 0 Å². The molecule has 2 fully saturated rings. The number of halogens is 1. The maximum Gasteiger partial charge on any atom is 0.308 e. The third-order valence-corrected chi connectivity index (χ3v) is 7.22. The minimum Gasteiger partial charge on any atom is -0.493 e. The zero-order chi connectivity index (χ0) is 23.3. The monoisotopic (exact) mass is 463 g/mol.